The van der Waals surface area contributed by atoms with Gasteiger partial charge in [0, 0.05) is 38.0 Å². The quantitative estimate of drug-likeness (QED) is 0.659. The highest BCUT2D eigenvalue weighted by molar-refractivity contribution is 5.79. The Hall–Kier alpha value is -2.27. The highest BCUT2D eigenvalue weighted by Crippen LogP contribution is 2.36. The lowest BCUT2D eigenvalue weighted by Gasteiger charge is -2.31. The van der Waals surface area contributed by atoms with E-state index in [1.165, 1.54) is 19.3 Å². The SMILES string of the molecule is N[C@H](c1cn2nc(C[C@H]3C[C@@H](C(F)(F)F)CNC3=O)c(C3CCOCC3)nc2n1)C1CCCCC1. The van der Waals surface area contributed by atoms with Crippen molar-refractivity contribution >= 4 is 11.7 Å². The molecule has 1 aliphatic carbocycles. The van der Waals surface area contributed by atoms with Crippen LogP contribution in [-0.2, 0) is 16.0 Å². The Morgan fingerprint density at radius 1 is 1.14 bits per heavy atom. The highest BCUT2D eigenvalue weighted by atomic mass is 19.4. The van der Waals surface area contributed by atoms with Crippen molar-refractivity contribution in [3.63, 3.8) is 0 Å². The standard InChI is InChI=1S/C24H33F3N6O2/c25-24(26,27)17-10-16(22(34)29-12-17)11-18-21(15-6-8-35-9-7-15)31-23-30-19(13-33(23)32-18)20(28)14-4-2-1-3-5-14/h13-17,20H,1-12,28H2,(H,29,34)/t16-,17-,20+/m1/s1. The number of aromatic nitrogens is 4. The lowest BCUT2D eigenvalue weighted by molar-refractivity contribution is -0.183. The van der Waals surface area contributed by atoms with Crippen molar-refractivity contribution in [2.45, 2.75) is 75.9 Å². The second kappa shape index (κ2) is 10.0. The number of fused-ring (bicyclic) bond motifs is 1. The van der Waals surface area contributed by atoms with E-state index in [1.54, 1.807) is 10.7 Å². The number of hydrogen-bond donors (Lipinski definition) is 2. The van der Waals surface area contributed by atoms with Gasteiger partial charge in [-0.1, -0.05) is 19.3 Å². The van der Waals surface area contributed by atoms with Crippen LogP contribution in [0.15, 0.2) is 6.20 Å². The van der Waals surface area contributed by atoms with Gasteiger partial charge < -0.3 is 15.8 Å². The van der Waals surface area contributed by atoms with Gasteiger partial charge in [0.1, 0.15) is 0 Å². The molecular weight excluding hydrogens is 461 g/mol. The van der Waals surface area contributed by atoms with Crippen LogP contribution in [-0.4, -0.2) is 51.4 Å². The minimum Gasteiger partial charge on any atom is -0.381 e. The average molecular weight is 495 g/mol. The summed E-state index contributed by atoms with van der Waals surface area (Å²) < 4.78 is 47.2. The van der Waals surface area contributed by atoms with Gasteiger partial charge in [-0.15, -0.1) is 0 Å². The lowest BCUT2D eigenvalue weighted by atomic mass is 9.83. The number of piperidine rings is 1. The number of carbonyl (C=O) groups excluding carboxylic acids is 1. The Kier molecular flexibility index (Phi) is 6.98. The number of hydrogen-bond acceptors (Lipinski definition) is 6. The summed E-state index contributed by atoms with van der Waals surface area (Å²) >= 11 is 0. The fraction of sp³-hybridized carbons (Fsp3) is 0.750. The van der Waals surface area contributed by atoms with Crippen molar-refractivity contribution in [3.8, 4) is 0 Å². The van der Waals surface area contributed by atoms with Gasteiger partial charge >= 0.3 is 6.18 Å². The Bertz CT molecular complexity index is 1050. The molecule has 0 spiro atoms. The van der Waals surface area contributed by atoms with Crippen LogP contribution in [0.25, 0.3) is 5.78 Å². The van der Waals surface area contributed by atoms with Crippen LogP contribution >= 0.6 is 0 Å². The molecule has 0 bridgehead atoms. The molecule has 2 saturated heterocycles. The molecule has 5 rings (SSSR count). The van der Waals surface area contributed by atoms with Crippen LogP contribution in [0.3, 0.4) is 0 Å². The first-order valence-corrected chi connectivity index (χ1v) is 12.7. The van der Waals surface area contributed by atoms with Crippen LogP contribution in [0.2, 0.25) is 0 Å². The first kappa shape index (κ1) is 24.4. The number of carbonyl (C=O) groups is 1. The largest absolute Gasteiger partial charge is 0.393 e. The molecule has 0 aromatic carbocycles. The summed E-state index contributed by atoms with van der Waals surface area (Å²) in [7, 11) is 0. The Balaban J connectivity index is 1.46. The average Bonchev–Trinajstić information content (AvgIpc) is 3.28. The summed E-state index contributed by atoms with van der Waals surface area (Å²) in [5.41, 5.74) is 8.58. The molecule has 1 amide bonds. The summed E-state index contributed by atoms with van der Waals surface area (Å²) in [5, 5.41) is 7.19. The maximum atomic E-state index is 13.4. The third-order valence-corrected chi connectivity index (χ3v) is 7.91. The molecule has 1 saturated carbocycles. The predicted octanol–water partition coefficient (Wildman–Crippen LogP) is 3.46. The zero-order valence-corrected chi connectivity index (χ0v) is 19.8. The van der Waals surface area contributed by atoms with Crippen LogP contribution in [0.1, 0.15) is 80.4 Å². The molecule has 4 heterocycles. The van der Waals surface area contributed by atoms with Crippen LogP contribution in [0.4, 0.5) is 13.2 Å². The molecule has 0 radical (unpaired) electrons. The smallest absolute Gasteiger partial charge is 0.381 e. The van der Waals surface area contributed by atoms with Gasteiger partial charge in [-0.25, -0.2) is 14.5 Å². The van der Waals surface area contributed by atoms with E-state index in [0.29, 0.717) is 36.3 Å². The molecule has 8 nitrogen and oxygen atoms in total. The molecule has 0 unspecified atom stereocenters. The third-order valence-electron chi connectivity index (χ3n) is 7.91. The fourth-order valence-corrected chi connectivity index (χ4v) is 5.78. The van der Waals surface area contributed by atoms with E-state index in [2.05, 4.69) is 5.32 Å². The van der Waals surface area contributed by atoms with Gasteiger partial charge in [-0.05, 0) is 38.0 Å². The number of alkyl halides is 3. The zero-order chi connectivity index (χ0) is 24.6. The van der Waals surface area contributed by atoms with Crippen molar-refractivity contribution in [2.75, 3.05) is 19.8 Å². The zero-order valence-electron chi connectivity index (χ0n) is 19.8. The predicted molar refractivity (Wildman–Crippen MR) is 121 cm³/mol. The first-order chi connectivity index (χ1) is 16.8. The normalized spacial score (nSPS) is 26.1. The second-order valence-electron chi connectivity index (χ2n) is 10.3. The van der Waals surface area contributed by atoms with E-state index in [0.717, 1.165) is 31.4 Å². The second-order valence-corrected chi connectivity index (χ2v) is 10.3. The molecular formula is C24H33F3N6O2. The number of rotatable bonds is 5. The maximum absolute atomic E-state index is 13.4. The molecule has 3 fully saturated rings. The molecule has 2 aromatic rings. The number of nitrogens with one attached hydrogen (secondary N) is 1. The van der Waals surface area contributed by atoms with E-state index in [1.807, 2.05) is 0 Å². The van der Waals surface area contributed by atoms with Gasteiger partial charge in [0.15, 0.2) is 0 Å². The van der Waals surface area contributed by atoms with Gasteiger partial charge in [0.05, 0.1) is 35.2 Å². The number of halogens is 3. The van der Waals surface area contributed by atoms with Crippen LogP contribution < -0.4 is 11.1 Å². The topological polar surface area (TPSA) is 107 Å². The summed E-state index contributed by atoms with van der Waals surface area (Å²) in [6, 6.07) is -0.203. The molecule has 2 aliphatic heterocycles. The number of imidazole rings is 1. The molecule has 11 heteroatoms. The maximum Gasteiger partial charge on any atom is 0.393 e. The Labute approximate surface area is 202 Å². The van der Waals surface area contributed by atoms with Crippen molar-refractivity contribution in [1.29, 1.82) is 0 Å². The first-order valence-electron chi connectivity index (χ1n) is 12.7. The molecule has 3 N–H and O–H groups in total. The molecule has 2 aromatic heterocycles. The van der Waals surface area contributed by atoms with E-state index in [-0.39, 0.29) is 37.3 Å². The van der Waals surface area contributed by atoms with Gasteiger partial charge in [0.25, 0.3) is 5.78 Å². The molecule has 192 valence electrons. The van der Waals surface area contributed by atoms with E-state index in [9.17, 15) is 18.0 Å². The lowest BCUT2D eigenvalue weighted by Crippen LogP contribution is -2.47. The molecule has 3 atom stereocenters. The minimum absolute atomic E-state index is 0.0634. The summed E-state index contributed by atoms with van der Waals surface area (Å²) in [4.78, 5) is 22.0. The Morgan fingerprint density at radius 3 is 2.60 bits per heavy atom. The molecule has 3 aliphatic rings. The van der Waals surface area contributed by atoms with E-state index >= 15 is 0 Å². The summed E-state index contributed by atoms with van der Waals surface area (Å²) in [5.74, 6) is -1.86. The number of nitrogens with zero attached hydrogens (tertiary/aromatic N) is 4. The van der Waals surface area contributed by atoms with Gasteiger partial charge in [-0.2, -0.15) is 18.3 Å². The summed E-state index contributed by atoms with van der Waals surface area (Å²) in [6.45, 7) is 0.798. The summed E-state index contributed by atoms with van der Waals surface area (Å²) in [6.07, 6.45) is 4.52. The van der Waals surface area contributed by atoms with Crippen LogP contribution in [0, 0.1) is 17.8 Å². The van der Waals surface area contributed by atoms with Crippen LogP contribution in [0.5, 0.6) is 0 Å². The fourth-order valence-electron chi connectivity index (χ4n) is 5.78. The monoisotopic (exact) mass is 494 g/mol. The highest BCUT2D eigenvalue weighted by Gasteiger charge is 2.45. The minimum atomic E-state index is -4.35. The Morgan fingerprint density at radius 2 is 1.89 bits per heavy atom. The van der Waals surface area contributed by atoms with Crippen molar-refractivity contribution in [1.82, 2.24) is 24.9 Å². The van der Waals surface area contributed by atoms with Crippen molar-refractivity contribution in [3.05, 3.63) is 23.3 Å². The number of nitrogens with two attached hydrogens (primary N) is 1. The van der Waals surface area contributed by atoms with Gasteiger partial charge in [-0.3, -0.25) is 4.79 Å². The van der Waals surface area contributed by atoms with E-state index < -0.39 is 18.0 Å². The number of amides is 1. The molecule has 35 heavy (non-hydrogen) atoms. The third kappa shape index (κ3) is 5.30. The number of ether oxygens (including phenoxy) is 1. The van der Waals surface area contributed by atoms with Crippen molar-refractivity contribution in [2.24, 2.45) is 23.5 Å². The van der Waals surface area contributed by atoms with Gasteiger partial charge in [0.2, 0.25) is 5.91 Å². The van der Waals surface area contributed by atoms with E-state index in [4.69, 9.17) is 25.5 Å². The van der Waals surface area contributed by atoms with Crippen molar-refractivity contribution < 1.29 is 22.7 Å².